The Hall–Kier alpha value is -1.46. The minimum atomic E-state index is 0.622. The van der Waals surface area contributed by atoms with Crippen LogP contribution >= 0.6 is 15.9 Å². The van der Waals surface area contributed by atoms with E-state index in [1.165, 1.54) is 0 Å². The Morgan fingerprint density at radius 1 is 1.24 bits per heavy atom. The van der Waals surface area contributed by atoms with Crippen molar-refractivity contribution in [3.8, 4) is 0 Å². The van der Waals surface area contributed by atoms with Gasteiger partial charge in [-0.05, 0) is 33.6 Å². The van der Waals surface area contributed by atoms with Crippen LogP contribution in [0.15, 0.2) is 41.3 Å². The summed E-state index contributed by atoms with van der Waals surface area (Å²) < 4.78 is 5.76. The van der Waals surface area contributed by atoms with Crippen molar-refractivity contribution in [2.45, 2.75) is 6.61 Å². The van der Waals surface area contributed by atoms with Crippen LogP contribution < -0.4 is 5.32 Å². The predicted octanol–water partition coefficient (Wildman–Crippen LogP) is 3.13. The molecule has 0 saturated carbocycles. The van der Waals surface area contributed by atoms with Gasteiger partial charge in [-0.2, -0.15) is 0 Å². The fourth-order valence-corrected chi connectivity index (χ4v) is 1.71. The first-order valence-corrected chi connectivity index (χ1v) is 5.89. The molecule has 0 saturated heterocycles. The molecule has 0 aliphatic rings. The summed E-state index contributed by atoms with van der Waals surface area (Å²) in [5, 5.41) is 3.17. The molecule has 0 amide bonds. The summed E-state index contributed by atoms with van der Waals surface area (Å²) in [4.78, 5) is 8.28. The van der Waals surface area contributed by atoms with Gasteiger partial charge >= 0.3 is 0 Å². The molecular formula is C12H12BrN3O. The minimum Gasteiger partial charge on any atom is -0.380 e. The summed E-state index contributed by atoms with van der Waals surface area (Å²) in [6, 6.07) is 7.99. The summed E-state index contributed by atoms with van der Waals surface area (Å²) in [7, 11) is 1.68. The number of aromatic nitrogens is 2. The highest BCUT2D eigenvalue weighted by Crippen LogP contribution is 2.16. The number of hydrogen-bond donors (Lipinski definition) is 1. The molecule has 0 aliphatic carbocycles. The number of anilines is 2. The number of methoxy groups -OCH3 is 1. The van der Waals surface area contributed by atoms with Crippen LogP contribution in [0.25, 0.3) is 0 Å². The topological polar surface area (TPSA) is 47.0 Å². The lowest BCUT2D eigenvalue weighted by Crippen LogP contribution is -1.95. The van der Waals surface area contributed by atoms with Gasteiger partial charge in [0.15, 0.2) is 0 Å². The highest BCUT2D eigenvalue weighted by atomic mass is 79.9. The Labute approximate surface area is 108 Å². The van der Waals surface area contributed by atoms with Crippen molar-refractivity contribution in [3.05, 3.63) is 46.8 Å². The van der Waals surface area contributed by atoms with Gasteiger partial charge in [0.2, 0.25) is 0 Å². The van der Waals surface area contributed by atoms with Gasteiger partial charge in [0.1, 0.15) is 10.4 Å². The second-order valence-electron chi connectivity index (χ2n) is 3.48. The Balaban J connectivity index is 2.08. The number of benzene rings is 1. The van der Waals surface area contributed by atoms with Gasteiger partial charge in [0.05, 0.1) is 19.0 Å². The van der Waals surface area contributed by atoms with Crippen molar-refractivity contribution in [2.24, 2.45) is 0 Å². The average Bonchev–Trinajstić information content (AvgIpc) is 2.32. The number of nitrogens with one attached hydrogen (secondary N) is 1. The van der Waals surface area contributed by atoms with Gasteiger partial charge in [0.25, 0.3) is 0 Å². The summed E-state index contributed by atoms with van der Waals surface area (Å²) in [6.45, 7) is 0.622. The molecule has 88 valence electrons. The SMILES string of the molecule is COCc1ccc(Nc2cncc(Br)n2)cc1. The highest BCUT2D eigenvalue weighted by molar-refractivity contribution is 9.10. The molecule has 5 heteroatoms. The zero-order valence-corrected chi connectivity index (χ0v) is 10.9. The molecule has 1 heterocycles. The number of ether oxygens (including phenoxy) is 1. The lowest BCUT2D eigenvalue weighted by molar-refractivity contribution is 0.185. The quantitative estimate of drug-likeness (QED) is 0.941. The van der Waals surface area contributed by atoms with Gasteiger partial charge in [0, 0.05) is 12.8 Å². The third kappa shape index (κ3) is 3.51. The summed E-state index contributed by atoms with van der Waals surface area (Å²) in [5.74, 6) is 0.707. The van der Waals surface area contributed by atoms with Gasteiger partial charge in [-0.25, -0.2) is 4.98 Å². The summed E-state index contributed by atoms with van der Waals surface area (Å²) in [6.07, 6.45) is 3.32. The van der Waals surface area contributed by atoms with E-state index in [1.807, 2.05) is 24.3 Å². The van der Waals surface area contributed by atoms with Gasteiger partial charge in [-0.1, -0.05) is 12.1 Å². The van der Waals surface area contributed by atoms with E-state index >= 15 is 0 Å². The maximum atomic E-state index is 5.05. The van der Waals surface area contributed by atoms with Gasteiger partial charge in [-0.3, -0.25) is 4.98 Å². The monoisotopic (exact) mass is 293 g/mol. The van der Waals surface area contributed by atoms with Crippen LogP contribution in [0.5, 0.6) is 0 Å². The van der Waals surface area contributed by atoms with Crippen LogP contribution in [0.2, 0.25) is 0 Å². The van der Waals surface area contributed by atoms with Gasteiger partial charge in [-0.15, -0.1) is 0 Å². The maximum absolute atomic E-state index is 5.05. The van der Waals surface area contributed by atoms with E-state index in [9.17, 15) is 0 Å². The van der Waals surface area contributed by atoms with E-state index in [-0.39, 0.29) is 0 Å². The van der Waals surface area contributed by atoms with E-state index in [1.54, 1.807) is 19.5 Å². The number of nitrogens with zero attached hydrogens (tertiary/aromatic N) is 2. The van der Waals surface area contributed by atoms with Crippen LogP contribution in [0, 0.1) is 0 Å². The third-order valence-corrected chi connectivity index (χ3v) is 2.52. The minimum absolute atomic E-state index is 0.622. The van der Waals surface area contributed by atoms with Crippen molar-refractivity contribution in [1.82, 2.24) is 9.97 Å². The smallest absolute Gasteiger partial charge is 0.150 e. The maximum Gasteiger partial charge on any atom is 0.150 e. The second kappa shape index (κ2) is 5.75. The fourth-order valence-electron chi connectivity index (χ4n) is 1.40. The number of halogens is 1. The molecule has 0 fully saturated rings. The molecule has 2 aromatic rings. The highest BCUT2D eigenvalue weighted by Gasteiger charge is 1.98. The van der Waals surface area contributed by atoms with E-state index in [4.69, 9.17) is 4.74 Å². The van der Waals surface area contributed by atoms with Crippen molar-refractivity contribution >= 4 is 27.4 Å². The first-order chi connectivity index (χ1) is 8.28. The first kappa shape index (κ1) is 12.0. The van der Waals surface area contributed by atoms with Crippen LogP contribution in [0.1, 0.15) is 5.56 Å². The predicted molar refractivity (Wildman–Crippen MR) is 70.2 cm³/mol. The Kier molecular flexibility index (Phi) is 4.06. The molecular weight excluding hydrogens is 282 g/mol. The van der Waals surface area contributed by atoms with Crippen molar-refractivity contribution < 1.29 is 4.74 Å². The molecule has 0 bridgehead atoms. The molecule has 2 rings (SSSR count). The standard InChI is InChI=1S/C12H12BrN3O/c1-17-8-9-2-4-10(5-3-9)15-12-7-14-6-11(13)16-12/h2-7H,8H2,1H3,(H,15,16). The normalized spacial score (nSPS) is 10.2. The Morgan fingerprint density at radius 3 is 2.65 bits per heavy atom. The molecule has 1 aromatic carbocycles. The Bertz CT molecular complexity index is 487. The van der Waals surface area contributed by atoms with Crippen LogP contribution in [0.3, 0.4) is 0 Å². The molecule has 17 heavy (non-hydrogen) atoms. The molecule has 0 unspecified atom stereocenters. The zero-order valence-electron chi connectivity index (χ0n) is 9.35. The lowest BCUT2D eigenvalue weighted by atomic mass is 10.2. The first-order valence-electron chi connectivity index (χ1n) is 5.10. The molecule has 0 atom stereocenters. The molecule has 1 aromatic heterocycles. The molecule has 0 aliphatic heterocycles. The second-order valence-corrected chi connectivity index (χ2v) is 4.29. The van der Waals surface area contributed by atoms with E-state index in [0.717, 1.165) is 11.3 Å². The number of rotatable bonds is 4. The van der Waals surface area contributed by atoms with Crippen molar-refractivity contribution in [1.29, 1.82) is 0 Å². The van der Waals surface area contributed by atoms with Crippen LogP contribution in [0.4, 0.5) is 11.5 Å². The molecule has 0 radical (unpaired) electrons. The van der Waals surface area contributed by atoms with E-state index in [2.05, 4.69) is 31.2 Å². The summed E-state index contributed by atoms with van der Waals surface area (Å²) in [5.41, 5.74) is 2.11. The van der Waals surface area contributed by atoms with E-state index < -0.39 is 0 Å². The number of hydrogen-bond acceptors (Lipinski definition) is 4. The Morgan fingerprint density at radius 2 is 2.00 bits per heavy atom. The van der Waals surface area contributed by atoms with E-state index in [0.29, 0.717) is 17.0 Å². The lowest BCUT2D eigenvalue weighted by Gasteiger charge is -2.06. The zero-order chi connectivity index (χ0) is 12.1. The van der Waals surface area contributed by atoms with Crippen molar-refractivity contribution in [2.75, 3.05) is 12.4 Å². The van der Waals surface area contributed by atoms with Crippen LogP contribution in [-0.2, 0) is 11.3 Å². The molecule has 1 N–H and O–H groups in total. The van der Waals surface area contributed by atoms with Crippen LogP contribution in [-0.4, -0.2) is 17.1 Å². The largest absolute Gasteiger partial charge is 0.380 e. The van der Waals surface area contributed by atoms with Crippen molar-refractivity contribution in [3.63, 3.8) is 0 Å². The van der Waals surface area contributed by atoms with Gasteiger partial charge < -0.3 is 10.1 Å². The molecule has 4 nitrogen and oxygen atoms in total. The fraction of sp³-hybridized carbons (Fsp3) is 0.167. The summed E-state index contributed by atoms with van der Waals surface area (Å²) >= 11 is 3.28. The third-order valence-electron chi connectivity index (χ3n) is 2.14. The molecule has 0 spiro atoms. The average molecular weight is 294 g/mol.